The second kappa shape index (κ2) is 10.2. The maximum Gasteiger partial charge on any atom is 0.340 e. The highest BCUT2D eigenvalue weighted by Crippen LogP contribution is 2.25. The van der Waals surface area contributed by atoms with Crippen LogP contribution in [0.3, 0.4) is 0 Å². The van der Waals surface area contributed by atoms with E-state index in [1.165, 1.54) is 0 Å². The van der Waals surface area contributed by atoms with E-state index in [0.29, 0.717) is 22.3 Å². The number of rotatable bonds is 8. The zero-order valence-corrected chi connectivity index (χ0v) is 16.2. The number of anilines is 1. The molecule has 0 aliphatic carbocycles. The fourth-order valence-electron chi connectivity index (χ4n) is 2.36. The van der Waals surface area contributed by atoms with Crippen LogP contribution in [-0.4, -0.2) is 36.7 Å². The summed E-state index contributed by atoms with van der Waals surface area (Å²) in [5, 5.41) is 15.4. The smallest absolute Gasteiger partial charge is 0.340 e. The number of ether oxygens (including phenoxy) is 1. The maximum absolute atomic E-state index is 12.2. The number of benzene rings is 2. The highest BCUT2D eigenvalue weighted by Gasteiger charge is 2.16. The maximum atomic E-state index is 12.2. The van der Waals surface area contributed by atoms with Crippen LogP contribution in [0, 0.1) is 0 Å². The van der Waals surface area contributed by atoms with E-state index in [1.54, 1.807) is 49.4 Å². The van der Waals surface area contributed by atoms with Crippen LogP contribution in [0.5, 0.6) is 0 Å². The summed E-state index contributed by atoms with van der Waals surface area (Å²) < 4.78 is 5.09. The number of carbonyl (C=O) groups excluding carboxylic acids is 2. The minimum Gasteiger partial charge on any atom is -0.452 e. The fourth-order valence-corrected chi connectivity index (χ4v) is 2.67. The van der Waals surface area contributed by atoms with E-state index >= 15 is 0 Å². The molecule has 0 radical (unpaired) electrons. The van der Waals surface area contributed by atoms with Gasteiger partial charge in [0.25, 0.3) is 5.91 Å². The van der Waals surface area contributed by atoms with Crippen LogP contribution in [0.15, 0.2) is 42.5 Å². The molecule has 0 saturated heterocycles. The van der Waals surface area contributed by atoms with Crippen molar-refractivity contribution in [2.45, 2.75) is 13.0 Å². The topological polar surface area (TPSA) is 87.7 Å². The Bertz CT molecular complexity index is 814. The number of halogens is 2. The average Bonchev–Trinajstić information content (AvgIpc) is 2.66. The molecule has 1 amide bonds. The molecule has 2 aromatic rings. The molecule has 0 aromatic heterocycles. The molecule has 0 aliphatic rings. The van der Waals surface area contributed by atoms with Gasteiger partial charge in [-0.3, -0.25) is 4.79 Å². The summed E-state index contributed by atoms with van der Waals surface area (Å²) in [5.74, 6) is -1.07. The van der Waals surface area contributed by atoms with Gasteiger partial charge in [-0.1, -0.05) is 41.4 Å². The molecule has 0 saturated carbocycles. The molecule has 8 heteroatoms. The van der Waals surface area contributed by atoms with Gasteiger partial charge in [0.1, 0.15) is 0 Å². The lowest BCUT2D eigenvalue weighted by Crippen LogP contribution is -2.31. The van der Waals surface area contributed by atoms with Gasteiger partial charge in [-0.25, -0.2) is 4.79 Å². The van der Waals surface area contributed by atoms with E-state index in [1.807, 2.05) is 0 Å². The SMILES string of the molecule is CC(NC(=O)COC(=O)c1ccccc1NCCO)c1ccc(Cl)c(Cl)c1. The third-order valence-corrected chi connectivity index (χ3v) is 4.47. The van der Waals surface area contributed by atoms with Crippen molar-refractivity contribution in [3.05, 3.63) is 63.6 Å². The lowest BCUT2D eigenvalue weighted by Gasteiger charge is -2.15. The van der Waals surface area contributed by atoms with E-state index in [0.717, 1.165) is 5.56 Å². The number of amides is 1. The second-order valence-corrected chi connectivity index (χ2v) is 6.55. The van der Waals surface area contributed by atoms with Gasteiger partial charge >= 0.3 is 5.97 Å². The van der Waals surface area contributed by atoms with Crippen LogP contribution in [0.4, 0.5) is 5.69 Å². The molecule has 0 heterocycles. The van der Waals surface area contributed by atoms with Crippen molar-refractivity contribution >= 4 is 40.8 Å². The predicted octanol–water partition coefficient (Wildman–Crippen LogP) is 3.43. The number of carbonyl (C=O) groups is 2. The molecular formula is C19H20Cl2N2O4. The highest BCUT2D eigenvalue weighted by molar-refractivity contribution is 6.42. The van der Waals surface area contributed by atoms with Crippen molar-refractivity contribution in [2.24, 2.45) is 0 Å². The highest BCUT2D eigenvalue weighted by atomic mass is 35.5. The molecule has 1 atom stereocenters. The molecule has 0 aliphatic heterocycles. The van der Waals surface area contributed by atoms with Crippen LogP contribution in [-0.2, 0) is 9.53 Å². The number of aliphatic hydroxyl groups is 1. The summed E-state index contributed by atoms with van der Waals surface area (Å²) in [7, 11) is 0. The Balaban J connectivity index is 1.91. The number of esters is 1. The largest absolute Gasteiger partial charge is 0.452 e. The Kier molecular flexibility index (Phi) is 7.91. The molecule has 144 valence electrons. The van der Waals surface area contributed by atoms with Crippen molar-refractivity contribution in [3.8, 4) is 0 Å². The van der Waals surface area contributed by atoms with E-state index in [9.17, 15) is 9.59 Å². The number of nitrogens with one attached hydrogen (secondary N) is 2. The fraction of sp³-hybridized carbons (Fsp3) is 0.263. The monoisotopic (exact) mass is 410 g/mol. The molecule has 2 rings (SSSR count). The molecular weight excluding hydrogens is 391 g/mol. The van der Waals surface area contributed by atoms with Gasteiger partial charge in [-0.15, -0.1) is 0 Å². The number of para-hydroxylation sites is 1. The average molecular weight is 411 g/mol. The second-order valence-electron chi connectivity index (χ2n) is 5.73. The molecule has 1 unspecified atom stereocenters. The molecule has 27 heavy (non-hydrogen) atoms. The number of aliphatic hydroxyl groups excluding tert-OH is 1. The lowest BCUT2D eigenvalue weighted by atomic mass is 10.1. The van der Waals surface area contributed by atoms with Crippen molar-refractivity contribution in [2.75, 3.05) is 25.1 Å². The van der Waals surface area contributed by atoms with E-state index in [4.69, 9.17) is 33.0 Å². The van der Waals surface area contributed by atoms with Gasteiger partial charge < -0.3 is 20.5 Å². The Hall–Kier alpha value is -2.28. The van der Waals surface area contributed by atoms with Crippen molar-refractivity contribution in [3.63, 3.8) is 0 Å². The third-order valence-electron chi connectivity index (χ3n) is 3.73. The van der Waals surface area contributed by atoms with Gasteiger partial charge in [0, 0.05) is 12.2 Å². The number of hydrogen-bond acceptors (Lipinski definition) is 5. The first-order valence-electron chi connectivity index (χ1n) is 8.27. The normalized spacial score (nSPS) is 11.6. The van der Waals surface area contributed by atoms with Crippen molar-refractivity contribution in [1.82, 2.24) is 5.32 Å². The summed E-state index contributed by atoms with van der Waals surface area (Å²) >= 11 is 11.9. The van der Waals surface area contributed by atoms with Crippen molar-refractivity contribution < 1.29 is 19.4 Å². The summed E-state index contributed by atoms with van der Waals surface area (Å²) in [6.45, 7) is 1.59. The van der Waals surface area contributed by atoms with Crippen LogP contribution in [0.25, 0.3) is 0 Å². The molecule has 0 spiro atoms. The van der Waals surface area contributed by atoms with Crippen LogP contribution in [0.2, 0.25) is 10.0 Å². The quantitative estimate of drug-likeness (QED) is 0.580. The number of hydrogen-bond donors (Lipinski definition) is 3. The molecule has 0 bridgehead atoms. The molecule has 3 N–H and O–H groups in total. The van der Waals surface area contributed by atoms with Crippen LogP contribution in [0.1, 0.15) is 28.9 Å². The van der Waals surface area contributed by atoms with Gasteiger partial charge in [0.2, 0.25) is 0 Å². The zero-order valence-electron chi connectivity index (χ0n) is 14.7. The van der Waals surface area contributed by atoms with Crippen LogP contribution >= 0.6 is 23.2 Å². The van der Waals surface area contributed by atoms with Gasteiger partial charge in [0.15, 0.2) is 6.61 Å². The summed E-state index contributed by atoms with van der Waals surface area (Å²) in [5.41, 5.74) is 1.60. The Morgan fingerprint density at radius 2 is 1.89 bits per heavy atom. The third kappa shape index (κ3) is 6.13. The molecule has 6 nitrogen and oxygen atoms in total. The Morgan fingerprint density at radius 3 is 2.59 bits per heavy atom. The van der Waals surface area contributed by atoms with E-state index in [-0.39, 0.29) is 18.2 Å². The summed E-state index contributed by atoms with van der Waals surface area (Å²) in [6.07, 6.45) is 0. The zero-order chi connectivity index (χ0) is 19.8. The first-order valence-corrected chi connectivity index (χ1v) is 9.03. The van der Waals surface area contributed by atoms with Crippen molar-refractivity contribution in [1.29, 1.82) is 0 Å². The predicted molar refractivity (Wildman–Crippen MR) is 105 cm³/mol. The van der Waals surface area contributed by atoms with Crippen LogP contribution < -0.4 is 10.6 Å². The van der Waals surface area contributed by atoms with E-state index < -0.39 is 18.5 Å². The summed E-state index contributed by atoms with van der Waals surface area (Å²) in [6, 6.07) is 11.5. The standard InChI is InChI=1S/C19H20Cl2N2O4/c1-12(13-6-7-15(20)16(21)10-13)23-18(25)11-27-19(26)14-4-2-3-5-17(14)22-8-9-24/h2-7,10,12,22,24H,8-9,11H2,1H3,(H,23,25). The van der Waals surface area contributed by atoms with Gasteiger partial charge in [0.05, 0.1) is 28.3 Å². The van der Waals surface area contributed by atoms with Gasteiger partial charge in [-0.05, 0) is 36.8 Å². The Labute approximate surface area is 167 Å². The lowest BCUT2D eigenvalue weighted by molar-refractivity contribution is -0.124. The molecule has 2 aromatic carbocycles. The summed E-state index contributed by atoms with van der Waals surface area (Å²) in [4.78, 5) is 24.3. The Morgan fingerprint density at radius 1 is 1.15 bits per heavy atom. The minimum absolute atomic E-state index is 0.0710. The van der Waals surface area contributed by atoms with Gasteiger partial charge in [-0.2, -0.15) is 0 Å². The molecule has 0 fully saturated rings. The minimum atomic E-state index is -0.631. The first kappa shape index (κ1) is 21.0. The van der Waals surface area contributed by atoms with E-state index in [2.05, 4.69) is 10.6 Å². The first-order chi connectivity index (χ1) is 12.9.